The van der Waals surface area contributed by atoms with Crippen LogP contribution in [0.25, 0.3) is 28.0 Å². The Kier molecular flexibility index (Phi) is 4.15. The Labute approximate surface area is 144 Å². The second-order valence-corrected chi connectivity index (χ2v) is 6.35. The molecule has 0 unspecified atom stereocenters. The molecule has 5 nitrogen and oxygen atoms in total. The number of fused-ring (bicyclic) bond motifs is 3. The van der Waals surface area contributed by atoms with Crippen LogP contribution in [-0.2, 0) is 4.74 Å². The molecule has 1 aliphatic rings. The van der Waals surface area contributed by atoms with Gasteiger partial charge in [-0.25, -0.2) is 0 Å². The third kappa shape index (κ3) is 2.99. The smallest absolute Gasteiger partial charge is 0.191 e. The number of nitrogens with zero attached hydrogens (tertiary/aromatic N) is 2. The number of H-pyrrole nitrogens is 1. The van der Waals surface area contributed by atoms with Crippen molar-refractivity contribution >= 4 is 28.0 Å². The third-order valence-corrected chi connectivity index (χ3v) is 4.67. The number of benzene rings is 1. The van der Waals surface area contributed by atoms with Gasteiger partial charge in [-0.2, -0.15) is 4.39 Å². The van der Waals surface area contributed by atoms with E-state index in [1.807, 2.05) is 17.7 Å². The van der Waals surface area contributed by atoms with Gasteiger partial charge in [-0.3, -0.25) is 9.69 Å². The molecule has 130 valence electrons. The lowest BCUT2D eigenvalue weighted by Crippen LogP contribution is -2.36. The van der Waals surface area contributed by atoms with Gasteiger partial charge in [-0.05, 0) is 19.1 Å². The van der Waals surface area contributed by atoms with Gasteiger partial charge in [-0.1, -0.05) is 6.08 Å². The number of hydrogen-bond acceptors (Lipinski definition) is 3. The van der Waals surface area contributed by atoms with E-state index in [9.17, 15) is 9.18 Å². The zero-order chi connectivity index (χ0) is 17.4. The molecule has 1 N–H and O–H groups in total. The van der Waals surface area contributed by atoms with Crippen molar-refractivity contribution in [1.29, 1.82) is 0 Å². The highest BCUT2D eigenvalue weighted by Crippen LogP contribution is 2.30. The lowest BCUT2D eigenvalue weighted by molar-refractivity contribution is 0.0435. The predicted molar refractivity (Wildman–Crippen MR) is 97.3 cm³/mol. The van der Waals surface area contributed by atoms with Crippen LogP contribution in [0.5, 0.6) is 0 Å². The molecule has 2 aromatic heterocycles. The summed E-state index contributed by atoms with van der Waals surface area (Å²) in [5, 5.41) is 1.68. The molecule has 3 heterocycles. The Morgan fingerprint density at radius 2 is 2.04 bits per heavy atom. The molecule has 0 saturated carbocycles. The number of ether oxygens (including phenoxy) is 1. The number of nitrogens with one attached hydrogen (secondary N) is 1. The summed E-state index contributed by atoms with van der Waals surface area (Å²) in [4.78, 5) is 16.9. The van der Waals surface area contributed by atoms with Gasteiger partial charge < -0.3 is 14.3 Å². The number of rotatable bonds is 3. The molecule has 0 radical (unpaired) electrons. The van der Waals surface area contributed by atoms with Crippen molar-refractivity contribution in [3.8, 4) is 0 Å². The van der Waals surface area contributed by atoms with Crippen LogP contribution in [0, 0.1) is 12.9 Å². The molecular formula is C19H20FN3O2. The fraction of sp³-hybridized carbons (Fsp3) is 0.316. The number of morpholine rings is 1. The second-order valence-electron chi connectivity index (χ2n) is 6.35. The molecule has 1 fully saturated rings. The van der Waals surface area contributed by atoms with E-state index in [4.69, 9.17) is 4.74 Å². The fourth-order valence-corrected chi connectivity index (χ4v) is 3.49. The van der Waals surface area contributed by atoms with Crippen LogP contribution >= 0.6 is 0 Å². The number of aryl methyl sites for hydroxylation is 1. The fourth-order valence-electron chi connectivity index (χ4n) is 3.49. The molecule has 1 aliphatic heterocycles. The van der Waals surface area contributed by atoms with Gasteiger partial charge in [0.1, 0.15) is 0 Å². The third-order valence-electron chi connectivity index (χ3n) is 4.67. The standard InChI is InChI=1S/C19H20FN3O2/c1-13-19-16(12-18(20)21-13)15-4-3-14(24)11-17(15)23(19)6-2-5-22-7-9-25-10-8-22/h2-4,6,11-12,21H,5,7-10H2,1H3/b6-2+. The van der Waals surface area contributed by atoms with Crippen LogP contribution < -0.4 is 5.43 Å². The lowest BCUT2D eigenvalue weighted by atomic mass is 10.1. The molecule has 0 spiro atoms. The van der Waals surface area contributed by atoms with Gasteiger partial charge >= 0.3 is 0 Å². The van der Waals surface area contributed by atoms with Gasteiger partial charge in [0.25, 0.3) is 0 Å². The van der Waals surface area contributed by atoms with Crippen molar-refractivity contribution in [2.45, 2.75) is 6.92 Å². The molecule has 0 atom stereocenters. The maximum Gasteiger partial charge on any atom is 0.191 e. The maximum absolute atomic E-state index is 13.8. The van der Waals surface area contributed by atoms with Crippen molar-refractivity contribution in [3.63, 3.8) is 0 Å². The summed E-state index contributed by atoms with van der Waals surface area (Å²) < 4.78 is 21.2. The van der Waals surface area contributed by atoms with Crippen molar-refractivity contribution in [1.82, 2.24) is 14.5 Å². The summed E-state index contributed by atoms with van der Waals surface area (Å²) in [5.41, 5.74) is 2.36. The zero-order valence-electron chi connectivity index (χ0n) is 14.1. The summed E-state index contributed by atoms with van der Waals surface area (Å²) in [6.07, 6.45) is 4.04. The first-order valence-electron chi connectivity index (χ1n) is 8.43. The molecule has 3 aromatic rings. The molecule has 1 saturated heterocycles. The van der Waals surface area contributed by atoms with E-state index in [1.165, 1.54) is 12.1 Å². The van der Waals surface area contributed by atoms with Crippen molar-refractivity contribution in [2.75, 3.05) is 32.8 Å². The summed E-state index contributed by atoms with van der Waals surface area (Å²) in [5.74, 6) is -0.382. The van der Waals surface area contributed by atoms with Gasteiger partial charge in [0, 0.05) is 54.4 Å². The minimum atomic E-state index is -0.382. The molecule has 6 heteroatoms. The highest BCUT2D eigenvalue weighted by Gasteiger charge is 2.14. The molecule has 1 aromatic carbocycles. The van der Waals surface area contributed by atoms with Crippen LogP contribution in [0.4, 0.5) is 4.39 Å². The van der Waals surface area contributed by atoms with Crippen LogP contribution in [0.2, 0.25) is 0 Å². The first-order valence-corrected chi connectivity index (χ1v) is 8.43. The number of hydrogen-bond donors (Lipinski definition) is 1. The Bertz CT molecular complexity index is 1010. The highest BCUT2D eigenvalue weighted by molar-refractivity contribution is 6.09. The highest BCUT2D eigenvalue weighted by atomic mass is 19.1. The second kappa shape index (κ2) is 6.46. The Morgan fingerprint density at radius 3 is 2.84 bits per heavy atom. The van der Waals surface area contributed by atoms with E-state index in [-0.39, 0.29) is 11.4 Å². The summed E-state index contributed by atoms with van der Waals surface area (Å²) in [6, 6.07) is 6.38. The minimum absolute atomic E-state index is 0.0553. The largest absolute Gasteiger partial charge is 0.379 e. The number of pyridine rings is 1. The average molecular weight is 341 g/mol. The van der Waals surface area contributed by atoms with Gasteiger partial charge in [0.15, 0.2) is 11.4 Å². The molecule has 0 bridgehead atoms. The number of aromatic amines is 1. The lowest BCUT2D eigenvalue weighted by Gasteiger charge is -2.25. The summed E-state index contributed by atoms with van der Waals surface area (Å²) in [7, 11) is 0. The quantitative estimate of drug-likeness (QED) is 0.745. The molecular weight excluding hydrogens is 321 g/mol. The molecule has 0 amide bonds. The molecule has 4 rings (SSSR count). The van der Waals surface area contributed by atoms with E-state index >= 15 is 0 Å². The molecule has 25 heavy (non-hydrogen) atoms. The van der Waals surface area contributed by atoms with Gasteiger partial charge in [0.05, 0.1) is 24.2 Å². The SMILES string of the molecule is Cc1[nH]c(F)cc2c3ccc(=O)cc3n(/C=C/CN3CCOCC3)c12. The van der Waals surface area contributed by atoms with Crippen LogP contribution in [0.3, 0.4) is 0 Å². The normalized spacial score (nSPS) is 16.4. The van der Waals surface area contributed by atoms with Crippen LogP contribution in [0.1, 0.15) is 5.69 Å². The Balaban J connectivity index is 1.82. The van der Waals surface area contributed by atoms with Gasteiger partial charge in [-0.15, -0.1) is 0 Å². The van der Waals surface area contributed by atoms with Crippen LogP contribution in [-0.4, -0.2) is 47.3 Å². The minimum Gasteiger partial charge on any atom is -0.379 e. The van der Waals surface area contributed by atoms with E-state index in [2.05, 4.69) is 16.0 Å². The average Bonchev–Trinajstić information content (AvgIpc) is 2.89. The first-order chi connectivity index (χ1) is 12.1. The van der Waals surface area contributed by atoms with Gasteiger partial charge in [0.2, 0.25) is 0 Å². The number of aromatic nitrogens is 2. The first kappa shape index (κ1) is 16.1. The Morgan fingerprint density at radius 1 is 1.24 bits per heavy atom. The Hall–Kier alpha value is -2.44. The molecule has 0 aliphatic carbocycles. The summed E-state index contributed by atoms with van der Waals surface area (Å²) in [6.45, 7) is 6.01. The summed E-state index contributed by atoms with van der Waals surface area (Å²) >= 11 is 0. The van der Waals surface area contributed by atoms with Crippen molar-refractivity contribution < 1.29 is 9.13 Å². The monoisotopic (exact) mass is 341 g/mol. The van der Waals surface area contributed by atoms with Crippen molar-refractivity contribution in [3.05, 3.63) is 52.2 Å². The van der Waals surface area contributed by atoms with E-state index in [0.717, 1.165) is 60.3 Å². The topological polar surface area (TPSA) is 50.3 Å². The number of halogens is 1. The maximum atomic E-state index is 13.8. The van der Waals surface area contributed by atoms with E-state index in [1.54, 1.807) is 12.1 Å². The van der Waals surface area contributed by atoms with Crippen LogP contribution in [0.15, 0.2) is 35.1 Å². The predicted octanol–water partition coefficient (Wildman–Crippen LogP) is 2.73. The van der Waals surface area contributed by atoms with E-state index < -0.39 is 0 Å². The van der Waals surface area contributed by atoms with E-state index in [0.29, 0.717) is 0 Å². The zero-order valence-corrected chi connectivity index (χ0v) is 14.1. The van der Waals surface area contributed by atoms with Crippen molar-refractivity contribution in [2.24, 2.45) is 0 Å².